The number of halogens is 1. The number of hydrogen-bond acceptors (Lipinski definition) is 4. The van der Waals surface area contributed by atoms with Crippen LogP contribution >= 0.6 is 15.9 Å². The van der Waals surface area contributed by atoms with E-state index in [1.807, 2.05) is 24.3 Å². The summed E-state index contributed by atoms with van der Waals surface area (Å²) in [5.74, 6) is 1.04. The number of rotatable bonds is 3. The SMILES string of the molecule is N/C(=N\O)c1ccnc(Oc2ccc(Br)cc2)c1. The number of ether oxygens (including phenoxy) is 1. The molecule has 0 unspecified atom stereocenters. The lowest BCUT2D eigenvalue weighted by Gasteiger charge is -2.05. The van der Waals surface area contributed by atoms with E-state index >= 15 is 0 Å². The van der Waals surface area contributed by atoms with Crippen molar-refractivity contribution in [1.29, 1.82) is 0 Å². The predicted molar refractivity (Wildman–Crippen MR) is 71.0 cm³/mol. The fourth-order valence-electron chi connectivity index (χ4n) is 1.31. The van der Waals surface area contributed by atoms with Gasteiger partial charge in [0.1, 0.15) is 5.75 Å². The lowest BCUT2D eigenvalue weighted by Crippen LogP contribution is -2.13. The summed E-state index contributed by atoms with van der Waals surface area (Å²) in [6, 6.07) is 10.6. The Morgan fingerprint density at radius 1 is 1.28 bits per heavy atom. The van der Waals surface area contributed by atoms with Crippen molar-refractivity contribution in [2.45, 2.75) is 0 Å². The van der Waals surface area contributed by atoms with Crippen LogP contribution in [0.25, 0.3) is 0 Å². The van der Waals surface area contributed by atoms with Crippen molar-refractivity contribution in [3.8, 4) is 11.6 Å². The van der Waals surface area contributed by atoms with Gasteiger partial charge in [0.25, 0.3) is 0 Å². The molecular weight excluding hydrogens is 298 g/mol. The van der Waals surface area contributed by atoms with Gasteiger partial charge in [0.05, 0.1) is 0 Å². The molecule has 5 nitrogen and oxygen atoms in total. The molecule has 2 rings (SSSR count). The zero-order chi connectivity index (χ0) is 13.0. The highest BCUT2D eigenvalue weighted by molar-refractivity contribution is 9.10. The number of nitrogens with two attached hydrogens (primary N) is 1. The molecule has 0 spiro atoms. The van der Waals surface area contributed by atoms with Gasteiger partial charge >= 0.3 is 0 Å². The summed E-state index contributed by atoms with van der Waals surface area (Å²) in [7, 11) is 0. The van der Waals surface area contributed by atoms with Gasteiger partial charge in [-0.1, -0.05) is 21.1 Å². The molecule has 0 amide bonds. The average Bonchev–Trinajstić information content (AvgIpc) is 2.41. The molecule has 0 saturated heterocycles. The number of amidine groups is 1. The molecule has 0 radical (unpaired) electrons. The second-order valence-electron chi connectivity index (χ2n) is 3.42. The van der Waals surface area contributed by atoms with E-state index in [1.165, 1.54) is 6.20 Å². The van der Waals surface area contributed by atoms with Gasteiger partial charge < -0.3 is 15.7 Å². The molecule has 3 N–H and O–H groups in total. The summed E-state index contributed by atoms with van der Waals surface area (Å²) in [6.45, 7) is 0. The Hall–Kier alpha value is -2.08. The lowest BCUT2D eigenvalue weighted by molar-refractivity contribution is 0.318. The number of nitrogens with zero attached hydrogens (tertiary/aromatic N) is 2. The van der Waals surface area contributed by atoms with Gasteiger partial charge in [-0.25, -0.2) is 4.98 Å². The van der Waals surface area contributed by atoms with E-state index in [2.05, 4.69) is 26.1 Å². The van der Waals surface area contributed by atoms with Crippen molar-refractivity contribution < 1.29 is 9.94 Å². The van der Waals surface area contributed by atoms with E-state index in [4.69, 9.17) is 15.7 Å². The second kappa shape index (κ2) is 5.50. The largest absolute Gasteiger partial charge is 0.439 e. The number of oxime groups is 1. The van der Waals surface area contributed by atoms with Crippen LogP contribution in [0.5, 0.6) is 11.6 Å². The molecule has 0 saturated carbocycles. The summed E-state index contributed by atoms with van der Waals surface area (Å²) >= 11 is 3.34. The van der Waals surface area contributed by atoms with Crippen LogP contribution in [0, 0.1) is 0 Å². The summed E-state index contributed by atoms with van der Waals surface area (Å²) in [5.41, 5.74) is 6.03. The van der Waals surface area contributed by atoms with Gasteiger partial charge in [-0.2, -0.15) is 0 Å². The van der Waals surface area contributed by atoms with Crippen molar-refractivity contribution >= 4 is 21.8 Å². The van der Waals surface area contributed by atoms with Gasteiger partial charge in [0.15, 0.2) is 5.84 Å². The first-order chi connectivity index (χ1) is 8.69. The molecule has 1 aromatic carbocycles. The Morgan fingerprint density at radius 2 is 2.00 bits per heavy atom. The molecule has 6 heteroatoms. The number of benzene rings is 1. The fraction of sp³-hybridized carbons (Fsp3) is 0. The van der Waals surface area contributed by atoms with Crippen molar-refractivity contribution in [3.05, 3.63) is 52.6 Å². The van der Waals surface area contributed by atoms with Crippen LogP contribution in [0.15, 0.2) is 52.2 Å². The predicted octanol–water partition coefficient (Wildman–Crippen LogP) is 2.73. The zero-order valence-corrected chi connectivity index (χ0v) is 10.8. The minimum Gasteiger partial charge on any atom is -0.439 e. The Morgan fingerprint density at radius 3 is 2.67 bits per heavy atom. The Kier molecular flexibility index (Phi) is 3.78. The first-order valence-electron chi connectivity index (χ1n) is 5.06. The Bertz CT molecular complexity index is 570. The molecule has 92 valence electrons. The van der Waals surface area contributed by atoms with Crippen LogP contribution in [0.1, 0.15) is 5.56 Å². The normalized spacial score (nSPS) is 11.3. The summed E-state index contributed by atoms with van der Waals surface area (Å²) in [6.07, 6.45) is 1.53. The van der Waals surface area contributed by atoms with Crippen LogP contribution < -0.4 is 10.5 Å². The standard InChI is InChI=1S/C12H10BrN3O2/c13-9-1-3-10(4-2-9)18-11-7-8(5-6-15-11)12(14)16-17/h1-7,17H,(H2,14,16). The topological polar surface area (TPSA) is 80.7 Å². The monoisotopic (exact) mass is 307 g/mol. The fourth-order valence-corrected chi connectivity index (χ4v) is 1.57. The first-order valence-corrected chi connectivity index (χ1v) is 5.86. The van der Waals surface area contributed by atoms with Crippen molar-refractivity contribution in [3.63, 3.8) is 0 Å². The highest BCUT2D eigenvalue weighted by atomic mass is 79.9. The quantitative estimate of drug-likeness (QED) is 0.395. The maximum Gasteiger partial charge on any atom is 0.219 e. The molecule has 0 aliphatic heterocycles. The highest BCUT2D eigenvalue weighted by Gasteiger charge is 2.03. The van der Waals surface area contributed by atoms with Gasteiger partial charge in [0.2, 0.25) is 5.88 Å². The smallest absolute Gasteiger partial charge is 0.219 e. The summed E-state index contributed by atoms with van der Waals surface area (Å²) in [4.78, 5) is 4.05. The molecular formula is C12H10BrN3O2. The minimum atomic E-state index is 0.0121. The van der Waals surface area contributed by atoms with Crippen molar-refractivity contribution in [2.24, 2.45) is 10.9 Å². The third-order valence-corrected chi connectivity index (χ3v) is 2.70. The van der Waals surface area contributed by atoms with E-state index < -0.39 is 0 Å². The van der Waals surface area contributed by atoms with Crippen LogP contribution in [-0.2, 0) is 0 Å². The van der Waals surface area contributed by atoms with Crippen molar-refractivity contribution in [1.82, 2.24) is 4.98 Å². The van der Waals surface area contributed by atoms with Crippen LogP contribution in [0.4, 0.5) is 0 Å². The third kappa shape index (κ3) is 2.98. The maximum absolute atomic E-state index is 8.60. The van der Waals surface area contributed by atoms with Gasteiger partial charge in [0, 0.05) is 22.3 Å². The molecule has 0 bridgehead atoms. The molecule has 1 heterocycles. The van der Waals surface area contributed by atoms with E-state index in [0.717, 1.165) is 4.47 Å². The summed E-state index contributed by atoms with van der Waals surface area (Å²) < 4.78 is 6.51. The molecule has 0 fully saturated rings. The van der Waals surface area contributed by atoms with E-state index in [-0.39, 0.29) is 5.84 Å². The lowest BCUT2D eigenvalue weighted by atomic mass is 10.2. The number of pyridine rings is 1. The van der Waals surface area contributed by atoms with E-state index in [9.17, 15) is 0 Å². The average molecular weight is 308 g/mol. The molecule has 2 aromatic rings. The van der Waals surface area contributed by atoms with Gasteiger partial charge in [-0.15, -0.1) is 0 Å². The first kappa shape index (κ1) is 12.4. The molecule has 18 heavy (non-hydrogen) atoms. The molecule has 0 aliphatic rings. The van der Waals surface area contributed by atoms with Crippen LogP contribution in [0.2, 0.25) is 0 Å². The highest BCUT2D eigenvalue weighted by Crippen LogP contribution is 2.22. The summed E-state index contributed by atoms with van der Waals surface area (Å²) in [5, 5.41) is 11.5. The van der Waals surface area contributed by atoms with Crippen LogP contribution in [0.3, 0.4) is 0 Å². The van der Waals surface area contributed by atoms with Gasteiger partial charge in [-0.3, -0.25) is 0 Å². The molecule has 0 atom stereocenters. The third-order valence-electron chi connectivity index (χ3n) is 2.17. The number of hydrogen-bond donors (Lipinski definition) is 2. The Labute approximate surface area is 112 Å². The van der Waals surface area contributed by atoms with Crippen molar-refractivity contribution in [2.75, 3.05) is 0 Å². The molecule has 1 aromatic heterocycles. The minimum absolute atomic E-state index is 0.0121. The van der Waals surface area contributed by atoms with E-state index in [1.54, 1.807) is 12.1 Å². The van der Waals surface area contributed by atoms with Crippen LogP contribution in [-0.4, -0.2) is 16.0 Å². The number of aromatic nitrogens is 1. The second-order valence-corrected chi connectivity index (χ2v) is 4.34. The maximum atomic E-state index is 8.60. The van der Waals surface area contributed by atoms with Gasteiger partial charge in [-0.05, 0) is 30.3 Å². The zero-order valence-electron chi connectivity index (χ0n) is 9.25. The molecule has 0 aliphatic carbocycles. The Balaban J connectivity index is 2.22. The van der Waals surface area contributed by atoms with E-state index in [0.29, 0.717) is 17.2 Å².